The van der Waals surface area contributed by atoms with Crippen molar-refractivity contribution in [2.45, 2.75) is 0 Å². The lowest BCUT2D eigenvalue weighted by atomic mass is 10.1. The maximum Gasteiger partial charge on any atom is 0.101 e. The van der Waals surface area contributed by atoms with Crippen LogP contribution in [0.25, 0.3) is 55.0 Å². The lowest BCUT2D eigenvalue weighted by molar-refractivity contribution is 1.09. The molecular formula is C31H19N3. The standard InChI is InChI=1S/C31H19N3/c32-20-21-10-9-19-30(33-26-15-5-1-11-22(26)23-12-2-6-16-27(23)33)31(21)34-28-17-7-3-13-24(28)25-14-4-8-18-29(25)34/h1-19H. The molecule has 0 aliphatic heterocycles. The van der Waals surface area contributed by atoms with Gasteiger partial charge in [-0.2, -0.15) is 5.26 Å². The molecule has 0 radical (unpaired) electrons. The van der Waals surface area contributed by atoms with E-state index < -0.39 is 0 Å². The number of para-hydroxylation sites is 5. The number of rotatable bonds is 2. The molecule has 0 fully saturated rings. The van der Waals surface area contributed by atoms with Gasteiger partial charge in [-0.3, -0.25) is 0 Å². The van der Waals surface area contributed by atoms with Crippen LogP contribution in [0, 0.1) is 11.3 Å². The van der Waals surface area contributed by atoms with Crippen molar-refractivity contribution in [1.82, 2.24) is 9.13 Å². The minimum atomic E-state index is 0.644. The monoisotopic (exact) mass is 433 g/mol. The highest BCUT2D eigenvalue weighted by molar-refractivity contribution is 6.11. The number of nitrogens with zero attached hydrogens (tertiary/aromatic N) is 3. The van der Waals surface area contributed by atoms with E-state index in [9.17, 15) is 5.26 Å². The smallest absolute Gasteiger partial charge is 0.101 e. The van der Waals surface area contributed by atoms with Gasteiger partial charge in [-0.1, -0.05) is 78.9 Å². The van der Waals surface area contributed by atoms with Crippen LogP contribution >= 0.6 is 0 Å². The van der Waals surface area contributed by atoms with Crippen molar-refractivity contribution < 1.29 is 0 Å². The van der Waals surface area contributed by atoms with Crippen LogP contribution in [-0.2, 0) is 0 Å². The number of hydrogen-bond acceptors (Lipinski definition) is 1. The molecule has 7 aromatic rings. The normalized spacial score (nSPS) is 11.5. The van der Waals surface area contributed by atoms with Crippen molar-refractivity contribution in [2.75, 3.05) is 0 Å². The second kappa shape index (κ2) is 7.10. The second-order valence-electron chi connectivity index (χ2n) is 8.52. The van der Waals surface area contributed by atoms with Gasteiger partial charge < -0.3 is 9.13 Å². The first-order valence-electron chi connectivity index (χ1n) is 11.4. The fourth-order valence-corrected chi connectivity index (χ4v) is 5.38. The van der Waals surface area contributed by atoms with E-state index in [0.29, 0.717) is 5.56 Å². The summed E-state index contributed by atoms with van der Waals surface area (Å²) in [6.45, 7) is 0. The van der Waals surface area contributed by atoms with Gasteiger partial charge >= 0.3 is 0 Å². The van der Waals surface area contributed by atoms with Crippen molar-refractivity contribution >= 4 is 43.6 Å². The lowest BCUT2D eigenvalue weighted by Crippen LogP contribution is -2.05. The molecule has 2 aromatic heterocycles. The van der Waals surface area contributed by atoms with E-state index in [0.717, 1.165) is 33.4 Å². The predicted molar refractivity (Wildman–Crippen MR) is 140 cm³/mol. The van der Waals surface area contributed by atoms with E-state index in [2.05, 4.69) is 118 Å². The third-order valence-corrected chi connectivity index (χ3v) is 6.76. The zero-order valence-electron chi connectivity index (χ0n) is 18.3. The lowest BCUT2D eigenvalue weighted by Gasteiger charge is -2.18. The molecule has 0 unspecified atom stereocenters. The van der Waals surface area contributed by atoms with Gasteiger partial charge in [-0.05, 0) is 36.4 Å². The Hall–Kier alpha value is -4.81. The first-order valence-corrected chi connectivity index (χ1v) is 11.4. The molecule has 0 atom stereocenters. The number of nitriles is 1. The third kappa shape index (κ3) is 2.45. The molecule has 7 rings (SSSR count). The average molecular weight is 434 g/mol. The minimum absolute atomic E-state index is 0.644. The summed E-state index contributed by atoms with van der Waals surface area (Å²) < 4.78 is 4.55. The molecule has 0 aliphatic rings. The molecular weight excluding hydrogens is 414 g/mol. The fraction of sp³-hybridized carbons (Fsp3) is 0. The summed E-state index contributed by atoms with van der Waals surface area (Å²) in [5.41, 5.74) is 6.96. The average Bonchev–Trinajstić information content (AvgIpc) is 3.41. The van der Waals surface area contributed by atoms with Gasteiger partial charge in [0.1, 0.15) is 6.07 Å². The SMILES string of the molecule is N#Cc1cccc(-n2c3ccccc3c3ccccc32)c1-n1c2ccccc2c2ccccc21. The highest BCUT2D eigenvalue weighted by Crippen LogP contribution is 2.38. The van der Waals surface area contributed by atoms with Crippen molar-refractivity contribution in [3.63, 3.8) is 0 Å². The van der Waals surface area contributed by atoms with Crippen LogP contribution in [0.15, 0.2) is 115 Å². The quantitative estimate of drug-likeness (QED) is 0.274. The first kappa shape index (κ1) is 18.7. The van der Waals surface area contributed by atoms with E-state index in [-0.39, 0.29) is 0 Å². The number of benzene rings is 5. The Morgan fingerprint density at radius 1 is 0.441 bits per heavy atom. The maximum absolute atomic E-state index is 10.2. The third-order valence-electron chi connectivity index (χ3n) is 6.76. The Bertz CT molecular complexity index is 1820. The number of hydrogen-bond donors (Lipinski definition) is 0. The van der Waals surface area contributed by atoms with Gasteiger partial charge in [0.05, 0.1) is 39.0 Å². The molecule has 0 saturated heterocycles. The number of aromatic nitrogens is 2. The van der Waals surface area contributed by atoms with E-state index in [1.54, 1.807) is 0 Å². The molecule has 0 amide bonds. The molecule has 0 bridgehead atoms. The Labute approximate surface area is 196 Å². The summed E-state index contributed by atoms with van der Waals surface area (Å²) in [6, 6.07) is 42.3. The molecule has 158 valence electrons. The van der Waals surface area contributed by atoms with Crippen LogP contribution in [0.2, 0.25) is 0 Å². The molecule has 5 aromatic carbocycles. The van der Waals surface area contributed by atoms with Gasteiger partial charge in [0.15, 0.2) is 0 Å². The van der Waals surface area contributed by atoms with Crippen LogP contribution in [-0.4, -0.2) is 9.13 Å². The summed E-state index contributed by atoms with van der Waals surface area (Å²) in [5, 5.41) is 15.0. The summed E-state index contributed by atoms with van der Waals surface area (Å²) in [4.78, 5) is 0. The van der Waals surface area contributed by atoms with Gasteiger partial charge in [0, 0.05) is 21.5 Å². The van der Waals surface area contributed by atoms with Crippen molar-refractivity contribution in [3.8, 4) is 17.4 Å². The summed E-state index contributed by atoms with van der Waals surface area (Å²) >= 11 is 0. The highest BCUT2D eigenvalue weighted by Gasteiger charge is 2.21. The van der Waals surface area contributed by atoms with E-state index in [4.69, 9.17) is 0 Å². The molecule has 2 heterocycles. The fourth-order valence-electron chi connectivity index (χ4n) is 5.38. The zero-order valence-corrected chi connectivity index (χ0v) is 18.3. The van der Waals surface area contributed by atoms with Crippen LogP contribution in [0.4, 0.5) is 0 Å². The molecule has 3 nitrogen and oxygen atoms in total. The summed E-state index contributed by atoms with van der Waals surface area (Å²) in [6.07, 6.45) is 0. The molecule has 34 heavy (non-hydrogen) atoms. The Balaban J connectivity index is 1.71. The van der Waals surface area contributed by atoms with Gasteiger partial charge in [0.2, 0.25) is 0 Å². The van der Waals surface area contributed by atoms with Crippen LogP contribution in [0.1, 0.15) is 5.56 Å². The van der Waals surface area contributed by atoms with Crippen molar-refractivity contribution in [2.24, 2.45) is 0 Å². The zero-order chi connectivity index (χ0) is 22.6. The van der Waals surface area contributed by atoms with E-state index in [1.165, 1.54) is 21.5 Å². The Kier molecular flexibility index (Phi) is 3.91. The minimum Gasteiger partial charge on any atom is -0.307 e. The van der Waals surface area contributed by atoms with Crippen LogP contribution in [0.5, 0.6) is 0 Å². The highest BCUT2D eigenvalue weighted by atomic mass is 15.1. The largest absolute Gasteiger partial charge is 0.307 e. The Morgan fingerprint density at radius 2 is 0.853 bits per heavy atom. The topological polar surface area (TPSA) is 33.6 Å². The van der Waals surface area contributed by atoms with Crippen LogP contribution in [0.3, 0.4) is 0 Å². The molecule has 0 N–H and O–H groups in total. The Morgan fingerprint density at radius 3 is 1.29 bits per heavy atom. The number of fused-ring (bicyclic) bond motifs is 6. The molecule has 0 saturated carbocycles. The van der Waals surface area contributed by atoms with Crippen molar-refractivity contribution in [3.05, 3.63) is 121 Å². The van der Waals surface area contributed by atoms with E-state index in [1.807, 2.05) is 12.1 Å². The first-order chi connectivity index (χ1) is 16.9. The second-order valence-corrected chi connectivity index (χ2v) is 8.52. The predicted octanol–water partition coefficient (Wildman–Crippen LogP) is 7.75. The molecule has 3 heteroatoms. The summed E-state index contributed by atoms with van der Waals surface area (Å²) in [7, 11) is 0. The molecule has 0 aliphatic carbocycles. The summed E-state index contributed by atoms with van der Waals surface area (Å²) in [5.74, 6) is 0. The van der Waals surface area contributed by atoms with Crippen molar-refractivity contribution in [1.29, 1.82) is 5.26 Å². The van der Waals surface area contributed by atoms with Gasteiger partial charge in [-0.15, -0.1) is 0 Å². The maximum atomic E-state index is 10.2. The van der Waals surface area contributed by atoms with Gasteiger partial charge in [-0.25, -0.2) is 0 Å². The van der Waals surface area contributed by atoms with Gasteiger partial charge in [0.25, 0.3) is 0 Å². The van der Waals surface area contributed by atoms with Crippen LogP contribution < -0.4 is 0 Å². The molecule has 0 spiro atoms. The van der Waals surface area contributed by atoms with E-state index >= 15 is 0 Å².